The number of benzene rings is 1. The number of carbonyl (C=O) groups is 2. The minimum absolute atomic E-state index is 0.00569. The van der Waals surface area contributed by atoms with Gasteiger partial charge in [-0.15, -0.1) is 13.2 Å². The molecule has 1 aliphatic rings. The molecule has 2 N–H and O–H groups in total. The second-order valence-corrected chi connectivity index (χ2v) is 6.91. The molecule has 0 saturated carbocycles. The number of ether oxygens (including phenoxy) is 2. The van der Waals surface area contributed by atoms with Crippen LogP contribution in [-0.2, 0) is 9.53 Å². The first-order valence-corrected chi connectivity index (χ1v) is 9.50. The molecule has 1 aromatic heterocycles. The molecule has 3 rings (SSSR count). The Kier molecular flexibility index (Phi) is 7.31. The Hall–Kier alpha value is -2.89. The van der Waals surface area contributed by atoms with E-state index in [9.17, 15) is 22.8 Å². The van der Waals surface area contributed by atoms with E-state index in [0.29, 0.717) is 32.0 Å². The van der Waals surface area contributed by atoms with Gasteiger partial charge in [0, 0.05) is 18.7 Å². The fraction of sp³-hybridized carbons (Fsp3) is 0.316. The first-order chi connectivity index (χ1) is 14.7. The predicted molar refractivity (Wildman–Crippen MR) is 106 cm³/mol. The van der Waals surface area contributed by atoms with E-state index in [4.69, 9.17) is 16.3 Å². The molecule has 1 aliphatic heterocycles. The van der Waals surface area contributed by atoms with E-state index in [0.717, 1.165) is 18.2 Å². The molecule has 2 amide bonds. The Morgan fingerprint density at radius 3 is 2.55 bits per heavy atom. The molecule has 2 aromatic rings. The summed E-state index contributed by atoms with van der Waals surface area (Å²) < 4.78 is 47.5. The van der Waals surface area contributed by atoms with Gasteiger partial charge >= 0.3 is 6.36 Å². The molecule has 166 valence electrons. The lowest BCUT2D eigenvalue weighted by atomic mass is 10.1. The maximum Gasteiger partial charge on any atom is 0.573 e. The summed E-state index contributed by atoms with van der Waals surface area (Å²) in [5, 5.41) is 5.17. The highest BCUT2D eigenvalue weighted by Crippen LogP contribution is 2.31. The molecule has 0 spiro atoms. The van der Waals surface area contributed by atoms with Crippen molar-refractivity contribution in [3.8, 4) is 5.75 Å². The highest BCUT2D eigenvalue weighted by atomic mass is 35.5. The molecular formula is C19H18ClF3N4O4. The monoisotopic (exact) mass is 458 g/mol. The zero-order chi connectivity index (χ0) is 22.4. The summed E-state index contributed by atoms with van der Waals surface area (Å²) >= 11 is 5.69. The number of aromatic nitrogens is 1. The third-order valence-electron chi connectivity index (χ3n) is 4.20. The van der Waals surface area contributed by atoms with Gasteiger partial charge in [-0.05, 0) is 30.3 Å². The summed E-state index contributed by atoms with van der Waals surface area (Å²) in [4.78, 5) is 30.5. The lowest BCUT2D eigenvalue weighted by Gasteiger charge is -2.26. The van der Waals surface area contributed by atoms with Gasteiger partial charge in [0.2, 0.25) is 5.91 Å². The van der Waals surface area contributed by atoms with Gasteiger partial charge in [-0.3, -0.25) is 14.5 Å². The number of nitrogens with one attached hydrogen (secondary N) is 2. The lowest BCUT2D eigenvalue weighted by molar-refractivity contribution is -0.274. The number of morpholine rings is 1. The second kappa shape index (κ2) is 9.94. The molecule has 1 fully saturated rings. The first kappa shape index (κ1) is 22.8. The maximum atomic E-state index is 12.8. The van der Waals surface area contributed by atoms with Crippen LogP contribution in [-0.4, -0.2) is 60.9 Å². The van der Waals surface area contributed by atoms with Gasteiger partial charge in [-0.1, -0.05) is 11.6 Å². The summed E-state index contributed by atoms with van der Waals surface area (Å²) in [5.41, 5.74) is 0.0616. The first-order valence-electron chi connectivity index (χ1n) is 9.12. The normalized spacial score (nSPS) is 14.7. The smallest absolute Gasteiger partial charge is 0.404 e. The van der Waals surface area contributed by atoms with Crippen LogP contribution in [0.3, 0.4) is 0 Å². The van der Waals surface area contributed by atoms with E-state index in [1.807, 2.05) is 0 Å². The van der Waals surface area contributed by atoms with Gasteiger partial charge in [-0.25, -0.2) is 4.98 Å². The Labute approximate surface area is 180 Å². The zero-order valence-electron chi connectivity index (χ0n) is 16.0. The molecule has 0 atom stereocenters. The molecular weight excluding hydrogens is 441 g/mol. The number of amides is 2. The van der Waals surface area contributed by atoms with Crippen molar-refractivity contribution < 1.29 is 32.2 Å². The van der Waals surface area contributed by atoms with E-state index in [1.165, 1.54) is 18.3 Å². The third-order valence-corrected chi connectivity index (χ3v) is 4.42. The van der Waals surface area contributed by atoms with Crippen LogP contribution in [0.5, 0.6) is 5.75 Å². The van der Waals surface area contributed by atoms with Gasteiger partial charge < -0.3 is 20.1 Å². The van der Waals surface area contributed by atoms with E-state index in [1.54, 1.807) is 4.90 Å². The number of carbonyl (C=O) groups excluding carboxylic acids is 2. The summed E-state index contributed by atoms with van der Waals surface area (Å²) in [5.74, 6) is -1.80. The zero-order valence-corrected chi connectivity index (χ0v) is 16.8. The van der Waals surface area contributed by atoms with Crippen molar-refractivity contribution in [2.75, 3.05) is 43.5 Å². The van der Waals surface area contributed by atoms with Crippen LogP contribution in [0.4, 0.5) is 24.5 Å². The van der Waals surface area contributed by atoms with Gasteiger partial charge in [0.05, 0.1) is 37.3 Å². The third kappa shape index (κ3) is 7.09. The number of hydrogen-bond acceptors (Lipinski definition) is 6. The molecule has 1 saturated heterocycles. The minimum Gasteiger partial charge on any atom is -0.404 e. The van der Waals surface area contributed by atoms with Crippen LogP contribution in [0.15, 0.2) is 36.5 Å². The van der Waals surface area contributed by atoms with E-state index in [-0.39, 0.29) is 22.9 Å². The topological polar surface area (TPSA) is 92.8 Å². The molecule has 0 radical (unpaired) electrons. The summed E-state index contributed by atoms with van der Waals surface area (Å²) in [6.07, 6.45) is -3.64. The van der Waals surface area contributed by atoms with Crippen molar-refractivity contribution in [1.82, 2.24) is 9.88 Å². The van der Waals surface area contributed by atoms with E-state index >= 15 is 0 Å². The summed E-state index contributed by atoms with van der Waals surface area (Å²) in [6.45, 7) is 1.94. The molecule has 1 aromatic carbocycles. The standard InChI is InChI=1S/C19H18ClF3N4O4/c20-16-4-2-13(10-24-16)25-18(29)12-1-3-15(31-19(21,22)23)14(9-12)26-17(28)11-27-5-7-30-8-6-27/h1-4,9-10H,5-8,11H2,(H,25,29)(H,26,28). The van der Waals surface area contributed by atoms with Crippen molar-refractivity contribution in [2.45, 2.75) is 6.36 Å². The van der Waals surface area contributed by atoms with Crippen molar-refractivity contribution in [3.05, 3.63) is 47.2 Å². The lowest BCUT2D eigenvalue weighted by Crippen LogP contribution is -2.41. The molecule has 0 bridgehead atoms. The highest BCUT2D eigenvalue weighted by Gasteiger charge is 2.32. The number of halogens is 4. The highest BCUT2D eigenvalue weighted by molar-refractivity contribution is 6.29. The maximum absolute atomic E-state index is 12.8. The van der Waals surface area contributed by atoms with Gasteiger partial charge in [-0.2, -0.15) is 0 Å². The Balaban J connectivity index is 1.77. The van der Waals surface area contributed by atoms with Crippen LogP contribution in [0.2, 0.25) is 5.15 Å². The molecule has 0 unspecified atom stereocenters. The number of hydrogen-bond donors (Lipinski definition) is 2. The number of pyridine rings is 1. The molecule has 31 heavy (non-hydrogen) atoms. The Morgan fingerprint density at radius 1 is 1.16 bits per heavy atom. The van der Waals surface area contributed by atoms with Crippen molar-refractivity contribution in [1.29, 1.82) is 0 Å². The van der Waals surface area contributed by atoms with Gasteiger partial charge in [0.25, 0.3) is 5.91 Å². The van der Waals surface area contributed by atoms with Crippen molar-refractivity contribution >= 4 is 34.8 Å². The average molecular weight is 459 g/mol. The SMILES string of the molecule is O=C(CN1CCOCC1)Nc1cc(C(=O)Nc2ccc(Cl)nc2)ccc1OC(F)(F)F. The number of anilines is 2. The Morgan fingerprint density at radius 2 is 1.90 bits per heavy atom. The van der Waals surface area contributed by atoms with Crippen LogP contribution >= 0.6 is 11.6 Å². The summed E-state index contributed by atoms with van der Waals surface area (Å²) in [7, 11) is 0. The van der Waals surface area contributed by atoms with E-state index < -0.39 is 23.9 Å². The molecule has 2 heterocycles. The summed E-state index contributed by atoms with van der Waals surface area (Å²) in [6, 6.07) is 6.20. The average Bonchev–Trinajstić information content (AvgIpc) is 2.70. The largest absolute Gasteiger partial charge is 0.573 e. The van der Waals surface area contributed by atoms with Crippen LogP contribution in [0.1, 0.15) is 10.4 Å². The predicted octanol–water partition coefficient (Wildman–Crippen LogP) is 3.16. The number of nitrogens with zero attached hydrogens (tertiary/aromatic N) is 2. The number of rotatable bonds is 6. The Bertz CT molecular complexity index is 935. The quantitative estimate of drug-likeness (QED) is 0.646. The second-order valence-electron chi connectivity index (χ2n) is 6.52. The molecule has 8 nitrogen and oxygen atoms in total. The van der Waals surface area contributed by atoms with Crippen molar-refractivity contribution in [2.24, 2.45) is 0 Å². The van der Waals surface area contributed by atoms with E-state index in [2.05, 4.69) is 20.4 Å². The molecule has 0 aliphatic carbocycles. The number of alkyl halides is 3. The van der Waals surface area contributed by atoms with Crippen LogP contribution in [0, 0.1) is 0 Å². The minimum atomic E-state index is -4.97. The van der Waals surface area contributed by atoms with Crippen LogP contribution in [0.25, 0.3) is 0 Å². The molecule has 12 heteroatoms. The van der Waals surface area contributed by atoms with Crippen molar-refractivity contribution in [3.63, 3.8) is 0 Å². The van der Waals surface area contributed by atoms with Gasteiger partial charge in [0.15, 0.2) is 5.75 Å². The fourth-order valence-electron chi connectivity index (χ4n) is 2.79. The van der Waals surface area contributed by atoms with Crippen LogP contribution < -0.4 is 15.4 Å². The van der Waals surface area contributed by atoms with Gasteiger partial charge in [0.1, 0.15) is 5.15 Å². The fourth-order valence-corrected chi connectivity index (χ4v) is 2.90.